The van der Waals surface area contributed by atoms with E-state index in [1.54, 1.807) is 0 Å². The van der Waals surface area contributed by atoms with Gasteiger partial charge in [0.25, 0.3) is 11.2 Å². The highest BCUT2D eigenvalue weighted by Gasteiger charge is 2.19. The predicted molar refractivity (Wildman–Crippen MR) is 69.4 cm³/mol. The Balaban J connectivity index is 2.30. The lowest BCUT2D eigenvalue weighted by molar-refractivity contribution is -0.566. The Morgan fingerprint density at radius 2 is 2.05 bits per heavy atom. The Labute approximate surface area is 112 Å². The SMILES string of the molecule is CC(=O)Oc1ccc2c(c1)oc1cc(=O)ccc-1[n+]2[O-]. The van der Waals surface area contributed by atoms with Gasteiger partial charge in [-0.1, -0.05) is 0 Å². The van der Waals surface area contributed by atoms with E-state index in [0.29, 0.717) is 4.73 Å². The van der Waals surface area contributed by atoms with Gasteiger partial charge in [-0.2, -0.15) is 4.73 Å². The fraction of sp³-hybridized carbons (Fsp3) is 0.0714. The smallest absolute Gasteiger partial charge is 0.308 e. The molecule has 1 aromatic rings. The van der Waals surface area contributed by atoms with Crippen LogP contribution in [-0.2, 0) is 4.79 Å². The molecule has 0 saturated heterocycles. The number of fused-ring (bicyclic) bond motifs is 2. The first kappa shape index (κ1) is 12.2. The lowest BCUT2D eigenvalue weighted by Crippen LogP contribution is -2.31. The topological polar surface area (TPSA) is 83.5 Å². The molecule has 0 N–H and O–H groups in total. The minimum atomic E-state index is -0.470. The summed E-state index contributed by atoms with van der Waals surface area (Å²) in [5.74, 6) is -0.0201. The van der Waals surface area contributed by atoms with Crippen molar-refractivity contribution >= 4 is 17.1 Å². The van der Waals surface area contributed by atoms with Crippen molar-refractivity contribution in [1.82, 2.24) is 0 Å². The molecular formula is C14H9NO5. The third kappa shape index (κ3) is 1.97. The number of ether oxygens (including phenoxy) is 1. The fourth-order valence-corrected chi connectivity index (χ4v) is 1.97. The lowest BCUT2D eigenvalue weighted by atomic mass is 10.2. The van der Waals surface area contributed by atoms with E-state index in [2.05, 4.69) is 0 Å². The Hall–Kier alpha value is -2.89. The van der Waals surface area contributed by atoms with Gasteiger partial charge in [-0.05, 0) is 12.1 Å². The number of esters is 1. The Kier molecular flexibility index (Phi) is 2.64. The highest BCUT2D eigenvalue weighted by molar-refractivity contribution is 5.76. The molecule has 100 valence electrons. The van der Waals surface area contributed by atoms with E-state index in [1.807, 2.05) is 0 Å². The Morgan fingerprint density at radius 3 is 2.80 bits per heavy atom. The third-order valence-corrected chi connectivity index (χ3v) is 2.78. The first-order chi connectivity index (χ1) is 9.54. The molecule has 0 atom stereocenters. The molecule has 0 unspecified atom stereocenters. The van der Waals surface area contributed by atoms with Crippen molar-refractivity contribution in [1.29, 1.82) is 0 Å². The summed E-state index contributed by atoms with van der Waals surface area (Å²) < 4.78 is 11.1. The van der Waals surface area contributed by atoms with Crippen LogP contribution in [0, 0.1) is 5.21 Å². The first-order valence-electron chi connectivity index (χ1n) is 5.83. The van der Waals surface area contributed by atoms with E-state index < -0.39 is 5.97 Å². The summed E-state index contributed by atoms with van der Waals surface area (Å²) in [4.78, 5) is 22.2. The fourth-order valence-electron chi connectivity index (χ4n) is 1.97. The van der Waals surface area contributed by atoms with Gasteiger partial charge in [0, 0.05) is 31.2 Å². The molecule has 2 aliphatic rings. The summed E-state index contributed by atoms with van der Waals surface area (Å²) in [5, 5.41) is 12.2. The summed E-state index contributed by atoms with van der Waals surface area (Å²) in [7, 11) is 0. The van der Waals surface area contributed by atoms with Gasteiger partial charge in [0.2, 0.25) is 11.3 Å². The van der Waals surface area contributed by atoms with E-state index in [1.165, 1.54) is 43.3 Å². The van der Waals surface area contributed by atoms with Crippen molar-refractivity contribution in [2.75, 3.05) is 0 Å². The number of hydrogen-bond donors (Lipinski definition) is 0. The van der Waals surface area contributed by atoms with Crippen molar-refractivity contribution in [3.63, 3.8) is 0 Å². The van der Waals surface area contributed by atoms with Gasteiger partial charge in [0.1, 0.15) is 5.75 Å². The van der Waals surface area contributed by atoms with Crippen molar-refractivity contribution in [2.24, 2.45) is 0 Å². The second-order valence-electron chi connectivity index (χ2n) is 4.25. The molecule has 1 aromatic carbocycles. The zero-order chi connectivity index (χ0) is 14.3. The van der Waals surface area contributed by atoms with Crippen LogP contribution < -0.4 is 14.9 Å². The van der Waals surface area contributed by atoms with Gasteiger partial charge in [-0.15, -0.1) is 0 Å². The molecule has 20 heavy (non-hydrogen) atoms. The summed E-state index contributed by atoms with van der Waals surface area (Å²) >= 11 is 0. The van der Waals surface area contributed by atoms with Gasteiger partial charge < -0.3 is 14.4 Å². The van der Waals surface area contributed by atoms with Crippen LogP contribution in [0.2, 0.25) is 0 Å². The van der Waals surface area contributed by atoms with Crippen molar-refractivity contribution in [3.8, 4) is 17.2 Å². The normalized spacial score (nSPS) is 10.8. The molecule has 0 spiro atoms. The number of aromatic nitrogens is 1. The number of hydrogen-bond acceptors (Lipinski definition) is 5. The molecule has 1 aliphatic heterocycles. The second kappa shape index (κ2) is 4.34. The van der Waals surface area contributed by atoms with Crippen LogP contribution in [0.1, 0.15) is 6.92 Å². The number of carbonyl (C=O) groups excluding carboxylic acids is 1. The molecule has 3 rings (SSSR count). The molecule has 0 aromatic heterocycles. The number of nitrogens with zero attached hydrogens (tertiary/aromatic N) is 1. The summed E-state index contributed by atoms with van der Waals surface area (Å²) in [6.45, 7) is 1.28. The van der Waals surface area contributed by atoms with Crippen LogP contribution in [0.4, 0.5) is 0 Å². The molecule has 1 heterocycles. The number of rotatable bonds is 1. The number of carbonyl (C=O) groups is 1. The van der Waals surface area contributed by atoms with E-state index in [9.17, 15) is 14.8 Å². The van der Waals surface area contributed by atoms with Crippen LogP contribution in [0.15, 0.2) is 45.6 Å². The zero-order valence-electron chi connectivity index (χ0n) is 10.5. The summed E-state index contributed by atoms with van der Waals surface area (Å²) in [6.07, 6.45) is 0. The van der Waals surface area contributed by atoms with Crippen molar-refractivity contribution in [3.05, 3.63) is 51.8 Å². The maximum absolute atomic E-state index is 12.2. The van der Waals surface area contributed by atoms with Gasteiger partial charge in [-0.25, -0.2) is 0 Å². The zero-order valence-corrected chi connectivity index (χ0v) is 10.5. The largest absolute Gasteiger partial charge is 0.618 e. The standard InChI is InChI=1S/C14H9NO5/c1-8(16)19-10-3-5-12-14(7-10)20-13-6-9(17)2-4-11(13)15(12)18/h2-7H,1H3. The molecule has 0 saturated carbocycles. The van der Waals surface area contributed by atoms with E-state index in [0.717, 1.165) is 0 Å². The molecular weight excluding hydrogens is 262 g/mol. The molecule has 6 nitrogen and oxygen atoms in total. The lowest BCUT2D eigenvalue weighted by Gasteiger charge is -2.09. The van der Waals surface area contributed by atoms with Crippen molar-refractivity contribution in [2.45, 2.75) is 6.92 Å². The Morgan fingerprint density at radius 1 is 1.25 bits per heavy atom. The van der Waals surface area contributed by atoms with E-state index >= 15 is 0 Å². The molecule has 0 bridgehead atoms. The molecule has 0 fully saturated rings. The van der Waals surface area contributed by atoms with Crippen LogP contribution in [0.25, 0.3) is 22.6 Å². The van der Waals surface area contributed by atoms with Gasteiger partial charge >= 0.3 is 5.97 Å². The van der Waals surface area contributed by atoms with Crippen molar-refractivity contribution < 1.29 is 18.7 Å². The average Bonchev–Trinajstić information content (AvgIpc) is 2.37. The van der Waals surface area contributed by atoms with E-state index in [-0.39, 0.29) is 33.7 Å². The maximum atomic E-state index is 12.2. The molecule has 1 aliphatic carbocycles. The van der Waals surface area contributed by atoms with Gasteiger partial charge in [0.15, 0.2) is 5.43 Å². The maximum Gasteiger partial charge on any atom is 0.308 e. The first-order valence-corrected chi connectivity index (χ1v) is 5.83. The summed E-state index contributed by atoms with van der Waals surface area (Å²) in [5.41, 5.74) is 0.526. The van der Waals surface area contributed by atoms with Crippen LogP contribution in [0.3, 0.4) is 0 Å². The van der Waals surface area contributed by atoms with Gasteiger partial charge in [0.05, 0.1) is 0 Å². The minimum Gasteiger partial charge on any atom is -0.618 e. The summed E-state index contributed by atoms with van der Waals surface area (Å²) in [6, 6.07) is 8.37. The minimum absolute atomic E-state index is 0.181. The molecule has 6 heteroatoms. The number of benzene rings is 2. The predicted octanol–water partition coefficient (Wildman–Crippen LogP) is 1.46. The van der Waals surface area contributed by atoms with Crippen LogP contribution in [-0.4, -0.2) is 5.97 Å². The average molecular weight is 271 g/mol. The van der Waals surface area contributed by atoms with Crippen LogP contribution in [0.5, 0.6) is 5.75 Å². The van der Waals surface area contributed by atoms with Gasteiger partial charge in [-0.3, -0.25) is 9.59 Å². The Bertz CT molecular complexity index is 852. The third-order valence-electron chi connectivity index (χ3n) is 2.78. The highest BCUT2D eigenvalue weighted by Crippen LogP contribution is 2.25. The molecule has 0 amide bonds. The highest BCUT2D eigenvalue weighted by atomic mass is 16.5. The quantitative estimate of drug-likeness (QED) is 0.220. The second-order valence-corrected chi connectivity index (χ2v) is 4.25. The molecule has 0 radical (unpaired) electrons. The monoisotopic (exact) mass is 271 g/mol. The van der Waals surface area contributed by atoms with E-state index in [4.69, 9.17) is 9.15 Å². The van der Waals surface area contributed by atoms with Crippen LogP contribution >= 0.6 is 0 Å².